The first-order valence-corrected chi connectivity index (χ1v) is 10.4. The summed E-state index contributed by atoms with van der Waals surface area (Å²) in [5.41, 5.74) is 8.81. The molecule has 0 bridgehead atoms. The van der Waals surface area contributed by atoms with Crippen molar-refractivity contribution < 1.29 is 14.3 Å². The Balaban J connectivity index is 1.77. The predicted octanol–water partition coefficient (Wildman–Crippen LogP) is 3.24. The van der Waals surface area contributed by atoms with Crippen LogP contribution in [0.5, 0.6) is 0 Å². The van der Waals surface area contributed by atoms with Crippen LogP contribution in [0.1, 0.15) is 17.5 Å². The van der Waals surface area contributed by atoms with Crippen LogP contribution in [-0.2, 0) is 16.0 Å². The van der Waals surface area contributed by atoms with Gasteiger partial charge in [-0.25, -0.2) is 4.79 Å². The van der Waals surface area contributed by atoms with Crippen LogP contribution in [0.4, 0.5) is 16.2 Å². The van der Waals surface area contributed by atoms with E-state index in [1.54, 1.807) is 33.7 Å². The van der Waals surface area contributed by atoms with Gasteiger partial charge in [-0.15, -0.1) is 11.8 Å². The lowest BCUT2D eigenvalue weighted by Crippen LogP contribution is -2.32. The molecule has 3 N–H and O–H groups in total. The van der Waals surface area contributed by atoms with Gasteiger partial charge in [-0.1, -0.05) is 6.07 Å². The van der Waals surface area contributed by atoms with Crippen molar-refractivity contribution in [2.24, 2.45) is 5.73 Å². The molecule has 3 rings (SSSR count). The zero-order chi connectivity index (χ0) is 21.0. The van der Waals surface area contributed by atoms with Gasteiger partial charge in [-0.3, -0.25) is 20.0 Å². The minimum atomic E-state index is -0.235. The normalized spacial score (nSPS) is 13.7. The Kier molecular flexibility index (Phi) is 6.43. The zero-order valence-electron chi connectivity index (χ0n) is 16.5. The largest absolute Gasteiger partial charge is 0.469 e. The fourth-order valence-corrected chi connectivity index (χ4v) is 3.93. The number of esters is 1. The van der Waals surface area contributed by atoms with Crippen molar-refractivity contribution in [3.63, 3.8) is 0 Å². The number of hydrogen-bond acceptors (Lipinski definition) is 5. The number of aryl methyl sites for hydroxylation is 1. The van der Waals surface area contributed by atoms with Crippen molar-refractivity contribution in [3.05, 3.63) is 53.6 Å². The highest BCUT2D eigenvalue weighted by molar-refractivity contribution is 7.98. The average molecular weight is 413 g/mol. The molecule has 0 atom stereocenters. The summed E-state index contributed by atoms with van der Waals surface area (Å²) < 4.78 is 4.70. The number of nitrogens with two attached hydrogens (primary N) is 1. The molecule has 152 valence electrons. The summed E-state index contributed by atoms with van der Waals surface area (Å²) in [5, 5.41) is 7.49. The number of nitrogens with one attached hydrogen (secondary N) is 1. The van der Waals surface area contributed by atoms with Crippen molar-refractivity contribution in [3.8, 4) is 0 Å². The highest BCUT2D eigenvalue weighted by Crippen LogP contribution is 2.33. The molecular formula is C21H24N4O3S. The van der Waals surface area contributed by atoms with E-state index in [2.05, 4.69) is 0 Å². The van der Waals surface area contributed by atoms with E-state index in [4.69, 9.17) is 15.9 Å². The van der Waals surface area contributed by atoms with Crippen molar-refractivity contribution in [2.45, 2.75) is 17.7 Å². The fourth-order valence-electron chi connectivity index (χ4n) is 3.27. The van der Waals surface area contributed by atoms with Gasteiger partial charge < -0.3 is 10.5 Å². The third-order valence-electron chi connectivity index (χ3n) is 4.88. The molecule has 0 saturated carbocycles. The van der Waals surface area contributed by atoms with Crippen LogP contribution in [-0.4, -0.2) is 44.3 Å². The minimum absolute atomic E-state index is 0.00262. The maximum atomic E-state index is 13.0. The van der Waals surface area contributed by atoms with Gasteiger partial charge in [0.05, 0.1) is 12.8 Å². The fraction of sp³-hybridized carbons (Fsp3) is 0.286. The maximum Gasteiger partial charge on any atom is 0.329 e. The van der Waals surface area contributed by atoms with Crippen LogP contribution in [0.15, 0.2) is 47.4 Å². The number of hydrogen-bond donors (Lipinski definition) is 2. The van der Waals surface area contributed by atoms with Crippen LogP contribution in [0.3, 0.4) is 0 Å². The molecule has 0 unspecified atom stereocenters. The van der Waals surface area contributed by atoms with E-state index >= 15 is 0 Å². The van der Waals surface area contributed by atoms with Crippen LogP contribution in [0, 0.1) is 5.41 Å². The number of carbonyl (C=O) groups excluding carboxylic acids is 2. The number of nitrogens with zero attached hydrogens (tertiary/aromatic N) is 2. The summed E-state index contributed by atoms with van der Waals surface area (Å²) >= 11 is 1.57. The summed E-state index contributed by atoms with van der Waals surface area (Å²) in [4.78, 5) is 28.9. The van der Waals surface area contributed by atoms with E-state index in [0.717, 1.165) is 21.8 Å². The smallest absolute Gasteiger partial charge is 0.329 e. The lowest BCUT2D eigenvalue weighted by Gasteiger charge is -2.21. The number of rotatable bonds is 7. The van der Waals surface area contributed by atoms with Crippen LogP contribution < -0.4 is 15.5 Å². The van der Waals surface area contributed by atoms with Gasteiger partial charge in [0, 0.05) is 35.7 Å². The standard InChI is InChI=1S/C21H24N4O3S/c1-28-19(26)10-4-14-3-9-17(18(13-14)29-2)25-12-11-24(21(25)27)16-7-5-15(6-8-16)20(22)23/h3,5-9,13H,4,10-12H2,1-2H3,(H3,22,23). The van der Waals surface area contributed by atoms with Gasteiger partial charge in [-0.05, 0) is 54.6 Å². The minimum Gasteiger partial charge on any atom is -0.469 e. The van der Waals surface area contributed by atoms with Crippen molar-refractivity contribution in [1.29, 1.82) is 5.41 Å². The highest BCUT2D eigenvalue weighted by atomic mass is 32.2. The lowest BCUT2D eigenvalue weighted by atomic mass is 10.1. The number of urea groups is 1. The summed E-state index contributed by atoms with van der Waals surface area (Å²) in [6, 6.07) is 13.0. The van der Waals surface area contributed by atoms with Gasteiger partial charge in [0.25, 0.3) is 0 Å². The molecule has 1 fully saturated rings. The molecule has 1 aliphatic heterocycles. The Labute approximate surface area is 174 Å². The summed E-state index contributed by atoms with van der Waals surface area (Å²) in [7, 11) is 1.39. The third kappa shape index (κ3) is 4.54. The van der Waals surface area contributed by atoms with Crippen LogP contribution in [0.25, 0.3) is 0 Å². The number of amides is 2. The van der Waals surface area contributed by atoms with Crippen LogP contribution in [0.2, 0.25) is 0 Å². The first-order chi connectivity index (χ1) is 13.9. The molecule has 0 aromatic heterocycles. The highest BCUT2D eigenvalue weighted by Gasteiger charge is 2.31. The predicted molar refractivity (Wildman–Crippen MR) is 116 cm³/mol. The first-order valence-electron chi connectivity index (χ1n) is 9.22. The molecule has 2 aromatic carbocycles. The van der Waals surface area contributed by atoms with Gasteiger partial charge in [-0.2, -0.15) is 0 Å². The van der Waals surface area contributed by atoms with E-state index in [-0.39, 0.29) is 17.8 Å². The van der Waals surface area contributed by atoms with E-state index in [1.807, 2.05) is 36.6 Å². The number of nitrogen functional groups attached to an aromatic ring is 1. The molecule has 0 radical (unpaired) electrons. The molecule has 1 aliphatic rings. The van der Waals surface area contributed by atoms with Gasteiger partial charge >= 0.3 is 12.0 Å². The number of benzene rings is 2. The lowest BCUT2D eigenvalue weighted by molar-refractivity contribution is -0.140. The number of carbonyl (C=O) groups is 2. The first kappa shape index (κ1) is 20.7. The monoisotopic (exact) mass is 412 g/mol. The molecule has 1 saturated heterocycles. The molecule has 29 heavy (non-hydrogen) atoms. The van der Waals surface area contributed by atoms with E-state index in [9.17, 15) is 9.59 Å². The Morgan fingerprint density at radius 3 is 2.48 bits per heavy atom. The number of thioether (sulfide) groups is 1. The Bertz CT molecular complexity index is 930. The Morgan fingerprint density at radius 1 is 1.17 bits per heavy atom. The maximum absolute atomic E-state index is 13.0. The quantitative estimate of drug-likeness (QED) is 0.315. The molecule has 7 nitrogen and oxygen atoms in total. The topological polar surface area (TPSA) is 99.7 Å². The molecule has 1 heterocycles. The number of anilines is 2. The van der Waals surface area contributed by atoms with Gasteiger partial charge in [0.2, 0.25) is 0 Å². The van der Waals surface area contributed by atoms with E-state index in [1.165, 1.54) is 7.11 Å². The summed E-state index contributed by atoms with van der Waals surface area (Å²) in [6.45, 7) is 1.17. The molecule has 2 amide bonds. The van der Waals surface area contributed by atoms with Crippen LogP contribution >= 0.6 is 11.8 Å². The van der Waals surface area contributed by atoms with Crippen molar-refractivity contribution in [1.82, 2.24) is 0 Å². The molecule has 2 aromatic rings. The van der Waals surface area contributed by atoms with Crippen molar-refractivity contribution in [2.75, 3.05) is 36.3 Å². The van der Waals surface area contributed by atoms with E-state index in [0.29, 0.717) is 31.5 Å². The van der Waals surface area contributed by atoms with Crippen molar-refractivity contribution >= 4 is 41.0 Å². The number of amidine groups is 1. The second kappa shape index (κ2) is 9.00. The summed E-state index contributed by atoms with van der Waals surface area (Å²) in [6.07, 6.45) is 2.90. The molecular weight excluding hydrogens is 388 g/mol. The number of methoxy groups -OCH3 is 1. The molecule has 8 heteroatoms. The molecule has 0 spiro atoms. The third-order valence-corrected chi connectivity index (χ3v) is 5.65. The second-order valence-electron chi connectivity index (χ2n) is 6.63. The van der Waals surface area contributed by atoms with Gasteiger partial charge in [0.15, 0.2) is 0 Å². The second-order valence-corrected chi connectivity index (χ2v) is 7.48. The Morgan fingerprint density at radius 2 is 1.86 bits per heavy atom. The van der Waals surface area contributed by atoms with E-state index < -0.39 is 0 Å². The SMILES string of the molecule is COC(=O)CCc1ccc(N2CCN(c3ccc(C(=N)N)cc3)C2=O)c(SC)c1. The average Bonchev–Trinajstić information content (AvgIpc) is 3.12. The summed E-state index contributed by atoms with van der Waals surface area (Å²) in [5.74, 6) is -0.233. The zero-order valence-corrected chi connectivity index (χ0v) is 17.3. The van der Waals surface area contributed by atoms with Gasteiger partial charge in [0.1, 0.15) is 5.84 Å². The number of ether oxygens (including phenoxy) is 1. The molecule has 0 aliphatic carbocycles. The Hall–Kier alpha value is -3.00.